The lowest BCUT2D eigenvalue weighted by Gasteiger charge is -2.28. The van der Waals surface area contributed by atoms with Crippen molar-refractivity contribution in [1.29, 1.82) is 0 Å². The van der Waals surface area contributed by atoms with Crippen molar-refractivity contribution in [2.45, 2.75) is 70.8 Å². The maximum Gasteiger partial charge on any atom is 0.248 e. The second-order valence-corrected chi connectivity index (χ2v) is 5.28. The SMILES string of the molecule is CCCC(C)NC(=O)CC1CCCC(F)(F)C1. The molecule has 0 bridgehead atoms. The van der Waals surface area contributed by atoms with Crippen LogP contribution in [0.15, 0.2) is 0 Å². The molecule has 1 amide bonds. The molecule has 0 aliphatic heterocycles. The van der Waals surface area contributed by atoms with Crippen molar-refractivity contribution in [2.24, 2.45) is 5.92 Å². The molecule has 1 aliphatic rings. The largest absolute Gasteiger partial charge is 0.354 e. The summed E-state index contributed by atoms with van der Waals surface area (Å²) in [4.78, 5) is 11.7. The zero-order valence-corrected chi connectivity index (χ0v) is 10.8. The van der Waals surface area contributed by atoms with Crippen molar-refractivity contribution in [2.75, 3.05) is 0 Å². The van der Waals surface area contributed by atoms with E-state index in [1.807, 2.05) is 6.92 Å². The van der Waals surface area contributed by atoms with E-state index in [2.05, 4.69) is 12.2 Å². The number of nitrogens with one attached hydrogen (secondary N) is 1. The molecular formula is C13H23F2NO. The minimum Gasteiger partial charge on any atom is -0.354 e. The van der Waals surface area contributed by atoms with Crippen LogP contribution in [0.1, 0.15) is 58.8 Å². The highest BCUT2D eigenvalue weighted by Crippen LogP contribution is 2.37. The van der Waals surface area contributed by atoms with Gasteiger partial charge in [0.05, 0.1) is 0 Å². The number of hydrogen-bond acceptors (Lipinski definition) is 1. The highest BCUT2D eigenvalue weighted by atomic mass is 19.3. The molecule has 0 saturated heterocycles. The van der Waals surface area contributed by atoms with Gasteiger partial charge in [-0.25, -0.2) is 8.78 Å². The number of amides is 1. The van der Waals surface area contributed by atoms with Gasteiger partial charge in [-0.05, 0) is 32.1 Å². The van der Waals surface area contributed by atoms with Crippen molar-refractivity contribution in [3.8, 4) is 0 Å². The molecule has 1 saturated carbocycles. The number of hydrogen-bond donors (Lipinski definition) is 1. The van der Waals surface area contributed by atoms with Crippen LogP contribution in [0, 0.1) is 5.92 Å². The molecule has 0 heterocycles. The van der Waals surface area contributed by atoms with Crippen molar-refractivity contribution >= 4 is 5.91 Å². The maximum atomic E-state index is 13.2. The first-order valence-corrected chi connectivity index (χ1v) is 6.60. The van der Waals surface area contributed by atoms with Crippen molar-refractivity contribution in [3.63, 3.8) is 0 Å². The van der Waals surface area contributed by atoms with Crippen LogP contribution in [0.25, 0.3) is 0 Å². The molecule has 1 N–H and O–H groups in total. The van der Waals surface area contributed by atoms with Gasteiger partial charge in [0.15, 0.2) is 0 Å². The van der Waals surface area contributed by atoms with Crippen molar-refractivity contribution < 1.29 is 13.6 Å². The predicted molar refractivity (Wildman–Crippen MR) is 64.0 cm³/mol. The number of alkyl halides is 2. The zero-order valence-electron chi connectivity index (χ0n) is 10.8. The summed E-state index contributed by atoms with van der Waals surface area (Å²) >= 11 is 0. The Morgan fingerprint density at radius 2 is 2.24 bits per heavy atom. The molecule has 2 atom stereocenters. The Labute approximate surface area is 102 Å². The molecule has 1 aliphatic carbocycles. The van der Waals surface area contributed by atoms with E-state index in [1.54, 1.807) is 0 Å². The molecule has 1 fully saturated rings. The molecule has 0 aromatic carbocycles. The number of rotatable bonds is 5. The normalized spacial score (nSPS) is 25.3. The molecule has 0 spiro atoms. The quantitative estimate of drug-likeness (QED) is 0.791. The third-order valence-electron chi connectivity index (χ3n) is 3.35. The first-order chi connectivity index (χ1) is 7.93. The fourth-order valence-electron chi connectivity index (χ4n) is 2.55. The topological polar surface area (TPSA) is 29.1 Å². The molecular weight excluding hydrogens is 224 g/mol. The highest BCUT2D eigenvalue weighted by molar-refractivity contribution is 5.76. The van der Waals surface area contributed by atoms with Crippen molar-refractivity contribution in [3.05, 3.63) is 0 Å². The van der Waals surface area contributed by atoms with Gasteiger partial charge in [-0.2, -0.15) is 0 Å². The molecule has 17 heavy (non-hydrogen) atoms. The van der Waals surface area contributed by atoms with Crippen LogP contribution >= 0.6 is 0 Å². The lowest BCUT2D eigenvalue weighted by atomic mass is 9.84. The molecule has 2 nitrogen and oxygen atoms in total. The maximum absolute atomic E-state index is 13.2. The van der Waals surface area contributed by atoms with Crippen LogP contribution in [-0.2, 0) is 4.79 Å². The molecule has 2 unspecified atom stereocenters. The molecule has 1 rings (SSSR count). The summed E-state index contributed by atoms with van der Waals surface area (Å²) in [6.07, 6.45) is 3.36. The Kier molecular flexibility index (Phi) is 5.34. The summed E-state index contributed by atoms with van der Waals surface area (Å²) in [6, 6.07) is 0.150. The lowest BCUT2D eigenvalue weighted by molar-refractivity contribution is -0.124. The van der Waals surface area contributed by atoms with E-state index in [4.69, 9.17) is 0 Å². The van der Waals surface area contributed by atoms with E-state index < -0.39 is 5.92 Å². The molecule has 4 heteroatoms. The fraction of sp³-hybridized carbons (Fsp3) is 0.923. The minimum atomic E-state index is -2.56. The summed E-state index contributed by atoms with van der Waals surface area (Å²) in [5, 5.41) is 2.87. The van der Waals surface area contributed by atoms with Gasteiger partial charge in [-0.15, -0.1) is 0 Å². The summed E-state index contributed by atoms with van der Waals surface area (Å²) in [5.41, 5.74) is 0. The van der Waals surface area contributed by atoms with Gasteiger partial charge in [0.2, 0.25) is 11.8 Å². The van der Waals surface area contributed by atoms with Crippen LogP contribution in [0.4, 0.5) is 8.78 Å². The van der Waals surface area contributed by atoms with Gasteiger partial charge in [0.1, 0.15) is 0 Å². The summed E-state index contributed by atoms with van der Waals surface area (Å²) in [6.45, 7) is 4.02. The van der Waals surface area contributed by atoms with E-state index in [9.17, 15) is 13.6 Å². The average Bonchev–Trinajstić information content (AvgIpc) is 2.15. The van der Waals surface area contributed by atoms with Crippen LogP contribution in [0.5, 0.6) is 0 Å². The van der Waals surface area contributed by atoms with Gasteiger partial charge in [-0.3, -0.25) is 4.79 Å². The van der Waals surface area contributed by atoms with E-state index >= 15 is 0 Å². The van der Waals surface area contributed by atoms with E-state index in [0.717, 1.165) is 19.3 Å². The summed E-state index contributed by atoms with van der Waals surface area (Å²) in [7, 11) is 0. The van der Waals surface area contributed by atoms with E-state index in [1.165, 1.54) is 0 Å². The standard InChI is InChI=1S/C13H23F2NO/c1-3-5-10(2)16-12(17)8-11-6-4-7-13(14,15)9-11/h10-11H,3-9H2,1-2H3,(H,16,17). The smallest absolute Gasteiger partial charge is 0.248 e. The average molecular weight is 247 g/mol. The lowest BCUT2D eigenvalue weighted by Crippen LogP contribution is -2.35. The summed E-state index contributed by atoms with van der Waals surface area (Å²) in [5.74, 6) is -2.78. The van der Waals surface area contributed by atoms with Gasteiger partial charge in [-0.1, -0.05) is 13.3 Å². The van der Waals surface area contributed by atoms with E-state index in [0.29, 0.717) is 6.42 Å². The molecule has 0 aromatic rings. The predicted octanol–water partition coefficient (Wildman–Crippen LogP) is 3.51. The fourth-order valence-corrected chi connectivity index (χ4v) is 2.55. The zero-order chi connectivity index (χ0) is 12.9. The number of carbonyl (C=O) groups is 1. The van der Waals surface area contributed by atoms with E-state index in [-0.39, 0.29) is 37.1 Å². The molecule has 0 aromatic heterocycles. The molecule has 100 valence electrons. The second kappa shape index (κ2) is 6.31. The minimum absolute atomic E-state index is 0.0165. The Morgan fingerprint density at radius 3 is 2.82 bits per heavy atom. The van der Waals surface area contributed by atoms with Gasteiger partial charge < -0.3 is 5.32 Å². The Bertz CT molecular complexity index is 256. The first-order valence-electron chi connectivity index (χ1n) is 6.60. The number of halogens is 2. The Balaban J connectivity index is 2.31. The van der Waals surface area contributed by atoms with Crippen LogP contribution < -0.4 is 5.32 Å². The van der Waals surface area contributed by atoms with Gasteiger partial charge in [0.25, 0.3) is 0 Å². The first kappa shape index (κ1) is 14.4. The Hall–Kier alpha value is -0.670. The number of carbonyl (C=O) groups excluding carboxylic acids is 1. The highest BCUT2D eigenvalue weighted by Gasteiger charge is 2.36. The van der Waals surface area contributed by atoms with Crippen LogP contribution in [0.2, 0.25) is 0 Å². The van der Waals surface area contributed by atoms with Crippen molar-refractivity contribution in [1.82, 2.24) is 5.32 Å². The van der Waals surface area contributed by atoms with Gasteiger partial charge >= 0.3 is 0 Å². The third-order valence-corrected chi connectivity index (χ3v) is 3.35. The summed E-state index contributed by atoms with van der Waals surface area (Å²) < 4.78 is 26.3. The third kappa shape index (κ3) is 5.46. The molecule has 0 radical (unpaired) electrons. The van der Waals surface area contributed by atoms with Crippen LogP contribution in [-0.4, -0.2) is 17.9 Å². The monoisotopic (exact) mass is 247 g/mol. The Morgan fingerprint density at radius 1 is 1.53 bits per heavy atom. The second-order valence-electron chi connectivity index (χ2n) is 5.28. The van der Waals surface area contributed by atoms with Crippen LogP contribution in [0.3, 0.4) is 0 Å². The van der Waals surface area contributed by atoms with Gasteiger partial charge in [0, 0.05) is 25.3 Å².